The summed E-state index contributed by atoms with van der Waals surface area (Å²) in [6, 6.07) is 5.35. The lowest BCUT2D eigenvalue weighted by molar-refractivity contribution is -0.142. The Morgan fingerprint density at radius 2 is 2.04 bits per heavy atom. The first-order valence-corrected chi connectivity index (χ1v) is 7.41. The van der Waals surface area contributed by atoms with Crippen molar-refractivity contribution in [3.8, 4) is 11.5 Å². The number of nitrogens with one attached hydrogen (secondary N) is 1. The number of benzene rings is 1. The molecule has 0 aliphatic heterocycles. The van der Waals surface area contributed by atoms with E-state index in [-0.39, 0.29) is 18.0 Å². The van der Waals surface area contributed by atoms with Crippen molar-refractivity contribution in [2.45, 2.75) is 25.6 Å². The third-order valence-corrected chi connectivity index (χ3v) is 3.36. The van der Waals surface area contributed by atoms with Gasteiger partial charge in [-0.15, -0.1) is 0 Å². The molecule has 2 rings (SSSR count). The first kappa shape index (κ1) is 18.6. The summed E-state index contributed by atoms with van der Waals surface area (Å²) < 4.78 is 48.1. The molecule has 1 heterocycles. The number of para-hydroxylation sites is 1. The molecule has 6 nitrogen and oxygen atoms in total. The van der Waals surface area contributed by atoms with Crippen LogP contribution in [0.4, 0.5) is 18.9 Å². The number of anilines is 1. The Bertz CT molecular complexity index is 729. The molecule has 25 heavy (non-hydrogen) atoms. The molecule has 136 valence electrons. The Morgan fingerprint density at radius 1 is 1.28 bits per heavy atom. The normalized spacial score (nSPS) is 11.2. The van der Waals surface area contributed by atoms with E-state index in [2.05, 4.69) is 10.4 Å². The second-order valence-corrected chi connectivity index (χ2v) is 5.24. The highest BCUT2D eigenvalue weighted by atomic mass is 19.4. The van der Waals surface area contributed by atoms with Gasteiger partial charge in [0.25, 0.3) is 0 Å². The predicted molar refractivity (Wildman–Crippen MR) is 84.8 cm³/mol. The molecule has 0 aliphatic rings. The molecule has 0 radical (unpaired) electrons. The van der Waals surface area contributed by atoms with Crippen LogP contribution in [0.1, 0.15) is 12.0 Å². The number of ether oxygens (including phenoxy) is 2. The van der Waals surface area contributed by atoms with Crippen molar-refractivity contribution in [3.63, 3.8) is 0 Å². The van der Waals surface area contributed by atoms with E-state index in [1.54, 1.807) is 12.1 Å². The third-order valence-electron chi connectivity index (χ3n) is 3.36. The van der Waals surface area contributed by atoms with Crippen LogP contribution in [0.3, 0.4) is 0 Å². The number of aryl methyl sites for hydroxylation is 1. The number of alkyl halides is 3. The minimum Gasteiger partial charge on any atom is -0.493 e. The van der Waals surface area contributed by atoms with Gasteiger partial charge in [-0.2, -0.15) is 18.3 Å². The number of hydrogen-bond acceptors (Lipinski definition) is 4. The fraction of sp³-hybridized carbons (Fsp3) is 0.375. The van der Waals surface area contributed by atoms with E-state index in [1.165, 1.54) is 20.4 Å². The molecule has 0 atom stereocenters. The summed E-state index contributed by atoms with van der Waals surface area (Å²) in [6.45, 7) is -1.20. The SMILES string of the molecule is COc1cccc(CCC(=O)Nc2cnn(CC(F)(F)F)c2)c1OC. The molecule has 1 aromatic carbocycles. The van der Waals surface area contributed by atoms with Gasteiger partial charge < -0.3 is 14.8 Å². The molecule has 9 heteroatoms. The molecule has 1 amide bonds. The van der Waals surface area contributed by atoms with Crippen LogP contribution in [-0.2, 0) is 17.8 Å². The van der Waals surface area contributed by atoms with Crippen molar-refractivity contribution in [2.24, 2.45) is 0 Å². The van der Waals surface area contributed by atoms with Crippen molar-refractivity contribution in [1.29, 1.82) is 0 Å². The van der Waals surface area contributed by atoms with E-state index < -0.39 is 12.7 Å². The lowest BCUT2D eigenvalue weighted by Gasteiger charge is -2.12. The van der Waals surface area contributed by atoms with Gasteiger partial charge in [-0.05, 0) is 18.1 Å². The second-order valence-electron chi connectivity index (χ2n) is 5.24. The van der Waals surface area contributed by atoms with Gasteiger partial charge in [0.05, 0.1) is 26.1 Å². The zero-order valence-corrected chi connectivity index (χ0v) is 13.8. The summed E-state index contributed by atoms with van der Waals surface area (Å²) in [6.07, 6.45) is -1.53. The number of carbonyl (C=O) groups excluding carboxylic acids is 1. The first-order chi connectivity index (χ1) is 11.8. The van der Waals surface area contributed by atoms with Crippen molar-refractivity contribution in [1.82, 2.24) is 9.78 Å². The lowest BCUT2D eigenvalue weighted by Crippen LogP contribution is -2.18. The van der Waals surface area contributed by atoms with Crippen molar-refractivity contribution in [3.05, 3.63) is 36.2 Å². The first-order valence-electron chi connectivity index (χ1n) is 7.41. The van der Waals surface area contributed by atoms with Crippen LogP contribution in [0.5, 0.6) is 11.5 Å². The molecule has 0 fully saturated rings. The van der Waals surface area contributed by atoms with Crippen LogP contribution in [0.25, 0.3) is 0 Å². The number of amides is 1. The Kier molecular flexibility index (Phi) is 5.89. The van der Waals surface area contributed by atoms with Crippen LogP contribution in [-0.4, -0.2) is 36.1 Å². The topological polar surface area (TPSA) is 65.4 Å². The molecule has 1 aromatic heterocycles. The maximum Gasteiger partial charge on any atom is 0.408 e. The van der Waals surface area contributed by atoms with E-state index in [4.69, 9.17) is 9.47 Å². The van der Waals surface area contributed by atoms with E-state index in [0.717, 1.165) is 16.4 Å². The predicted octanol–water partition coefficient (Wildman–Crippen LogP) is 3.03. The van der Waals surface area contributed by atoms with Crippen LogP contribution in [0, 0.1) is 0 Å². The molecule has 0 aliphatic carbocycles. The number of rotatable bonds is 7. The molecule has 1 N–H and O–H groups in total. The van der Waals surface area contributed by atoms with Gasteiger partial charge in [-0.3, -0.25) is 9.48 Å². The van der Waals surface area contributed by atoms with E-state index >= 15 is 0 Å². The van der Waals surface area contributed by atoms with E-state index in [9.17, 15) is 18.0 Å². The quantitative estimate of drug-likeness (QED) is 0.827. The fourth-order valence-electron chi connectivity index (χ4n) is 2.32. The molecular formula is C16H18F3N3O3. The minimum absolute atomic E-state index is 0.133. The Morgan fingerprint density at radius 3 is 2.68 bits per heavy atom. The molecule has 0 saturated carbocycles. The van der Waals surface area contributed by atoms with Gasteiger partial charge >= 0.3 is 6.18 Å². The van der Waals surface area contributed by atoms with Crippen molar-refractivity contribution in [2.75, 3.05) is 19.5 Å². The zero-order valence-electron chi connectivity index (χ0n) is 13.8. The number of halogens is 3. The maximum atomic E-state index is 12.3. The third kappa shape index (κ3) is 5.40. The minimum atomic E-state index is -4.36. The Balaban J connectivity index is 1.93. The summed E-state index contributed by atoms with van der Waals surface area (Å²) in [7, 11) is 3.03. The molecule has 0 spiro atoms. The maximum absolute atomic E-state index is 12.3. The van der Waals surface area contributed by atoms with Crippen LogP contribution >= 0.6 is 0 Å². The van der Waals surface area contributed by atoms with Gasteiger partial charge in [0.2, 0.25) is 5.91 Å². The highest BCUT2D eigenvalue weighted by Gasteiger charge is 2.28. The second kappa shape index (κ2) is 7.91. The fourth-order valence-corrected chi connectivity index (χ4v) is 2.32. The van der Waals surface area contributed by atoms with Gasteiger partial charge in [0.1, 0.15) is 6.54 Å². The van der Waals surface area contributed by atoms with Gasteiger partial charge in [0.15, 0.2) is 11.5 Å². The number of aromatic nitrogens is 2. The molecule has 0 bridgehead atoms. The summed E-state index contributed by atoms with van der Waals surface area (Å²) >= 11 is 0. The van der Waals surface area contributed by atoms with Crippen molar-refractivity contribution < 1.29 is 27.4 Å². The number of hydrogen-bond donors (Lipinski definition) is 1. The molecular weight excluding hydrogens is 339 g/mol. The standard InChI is InChI=1S/C16H18F3N3O3/c1-24-13-5-3-4-11(15(13)25-2)6-7-14(23)21-12-8-20-22(9-12)10-16(17,18)19/h3-5,8-9H,6-7,10H2,1-2H3,(H,21,23). The van der Waals surface area contributed by atoms with E-state index in [0.29, 0.717) is 17.9 Å². The summed E-state index contributed by atoms with van der Waals surface area (Å²) in [5, 5.41) is 6.09. The number of methoxy groups -OCH3 is 2. The zero-order chi connectivity index (χ0) is 18.4. The van der Waals surface area contributed by atoms with Crippen LogP contribution in [0.2, 0.25) is 0 Å². The van der Waals surface area contributed by atoms with Crippen LogP contribution < -0.4 is 14.8 Å². The number of nitrogens with zero attached hydrogens (tertiary/aromatic N) is 2. The van der Waals surface area contributed by atoms with Crippen LogP contribution in [0.15, 0.2) is 30.6 Å². The largest absolute Gasteiger partial charge is 0.493 e. The number of carbonyl (C=O) groups is 1. The smallest absolute Gasteiger partial charge is 0.408 e. The average molecular weight is 357 g/mol. The summed E-state index contributed by atoms with van der Waals surface area (Å²) in [4.78, 5) is 12.0. The van der Waals surface area contributed by atoms with E-state index in [1.807, 2.05) is 6.07 Å². The van der Waals surface area contributed by atoms with Gasteiger partial charge in [-0.25, -0.2) is 0 Å². The van der Waals surface area contributed by atoms with Gasteiger partial charge in [0, 0.05) is 12.6 Å². The molecule has 0 unspecified atom stereocenters. The average Bonchev–Trinajstić information content (AvgIpc) is 2.97. The highest BCUT2D eigenvalue weighted by molar-refractivity contribution is 5.90. The van der Waals surface area contributed by atoms with Gasteiger partial charge in [-0.1, -0.05) is 12.1 Å². The summed E-state index contributed by atoms with van der Waals surface area (Å²) in [5.74, 6) is 0.779. The Labute approximate surface area is 142 Å². The highest BCUT2D eigenvalue weighted by Crippen LogP contribution is 2.31. The van der Waals surface area contributed by atoms with Crippen molar-refractivity contribution >= 4 is 11.6 Å². The Hall–Kier alpha value is -2.71. The summed E-state index contributed by atoms with van der Waals surface area (Å²) in [5.41, 5.74) is 1.01. The monoisotopic (exact) mass is 357 g/mol. The lowest BCUT2D eigenvalue weighted by atomic mass is 10.1. The molecule has 2 aromatic rings. The molecule has 0 saturated heterocycles.